The average molecular weight is 311 g/mol. The number of nitrogens with zero attached hydrogens (tertiary/aromatic N) is 1. The first-order valence-corrected chi connectivity index (χ1v) is 8.48. The molecule has 7 nitrogen and oxygen atoms in total. The van der Waals surface area contributed by atoms with Gasteiger partial charge in [-0.1, -0.05) is 0 Å². The molecular formula is C13H17N3O4S. The number of nitro groups is 1. The highest BCUT2D eigenvalue weighted by atomic mass is 32.2. The Bertz CT molecular complexity index is 669. The van der Waals surface area contributed by atoms with Gasteiger partial charge in [0.2, 0.25) is 10.0 Å². The Balaban J connectivity index is 1.92. The van der Waals surface area contributed by atoms with Crippen molar-refractivity contribution in [2.24, 2.45) is 17.0 Å². The van der Waals surface area contributed by atoms with Crippen LogP contribution in [0.3, 0.4) is 0 Å². The van der Waals surface area contributed by atoms with E-state index in [0.29, 0.717) is 17.5 Å². The van der Waals surface area contributed by atoms with Gasteiger partial charge in [0, 0.05) is 23.9 Å². The minimum absolute atomic E-state index is 0.232. The van der Waals surface area contributed by atoms with Crippen LogP contribution in [0.1, 0.15) is 25.7 Å². The average Bonchev–Trinajstić information content (AvgIpc) is 3.27. The minimum atomic E-state index is -3.97. The minimum Gasteiger partial charge on any atom is -0.382 e. The van der Waals surface area contributed by atoms with E-state index in [-0.39, 0.29) is 16.6 Å². The summed E-state index contributed by atoms with van der Waals surface area (Å²) in [5.41, 5.74) is 0.186. The van der Waals surface area contributed by atoms with E-state index >= 15 is 0 Å². The van der Waals surface area contributed by atoms with E-state index in [0.717, 1.165) is 31.7 Å². The summed E-state index contributed by atoms with van der Waals surface area (Å²) in [6.07, 6.45) is 4.63. The number of hydrogen-bond acceptors (Lipinski definition) is 5. The molecule has 2 fully saturated rings. The molecular weight excluding hydrogens is 294 g/mol. The van der Waals surface area contributed by atoms with Gasteiger partial charge >= 0.3 is 0 Å². The lowest BCUT2D eigenvalue weighted by molar-refractivity contribution is -0.385. The smallest absolute Gasteiger partial charge is 0.272 e. The molecule has 114 valence electrons. The lowest BCUT2D eigenvalue weighted by Crippen LogP contribution is -2.24. The molecule has 0 saturated heterocycles. The molecule has 0 amide bonds. The molecule has 3 rings (SSSR count). The van der Waals surface area contributed by atoms with Gasteiger partial charge in [-0.2, -0.15) is 0 Å². The number of sulfonamides is 1. The number of anilines is 1. The SMILES string of the molecule is NS(=O)(=O)c1cc(NC(C2CC2)C2CC2)cc([N+](=O)[O-])c1. The van der Waals surface area contributed by atoms with Crippen LogP contribution in [0.5, 0.6) is 0 Å². The third-order valence-electron chi connectivity index (χ3n) is 4.02. The van der Waals surface area contributed by atoms with Gasteiger partial charge in [0.15, 0.2) is 0 Å². The van der Waals surface area contributed by atoms with Crippen molar-refractivity contribution in [3.8, 4) is 0 Å². The number of primary sulfonamides is 1. The van der Waals surface area contributed by atoms with Crippen LogP contribution in [0.25, 0.3) is 0 Å². The molecule has 0 bridgehead atoms. The molecule has 2 aliphatic carbocycles. The van der Waals surface area contributed by atoms with E-state index in [2.05, 4.69) is 5.32 Å². The van der Waals surface area contributed by atoms with Gasteiger partial charge in [-0.3, -0.25) is 10.1 Å². The summed E-state index contributed by atoms with van der Waals surface area (Å²) >= 11 is 0. The van der Waals surface area contributed by atoms with E-state index in [1.54, 1.807) is 0 Å². The second-order valence-electron chi connectivity index (χ2n) is 5.86. The van der Waals surface area contributed by atoms with Gasteiger partial charge < -0.3 is 5.32 Å². The van der Waals surface area contributed by atoms with E-state index in [1.165, 1.54) is 12.1 Å². The molecule has 0 atom stereocenters. The van der Waals surface area contributed by atoms with Gasteiger partial charge in [-0.15, -0.1) is 0 Å². The highest BCUT2D eigenvalue weighted by molar-refractivity contribution is 7.89. The molecule has 2 saturated carbocycles. The van der Waals surface area contributed by atoms with Crippen LogP contribution in [0.15, 0.2) is 23.1 Å². The van der Waals surface area contributed by atoms with Gasteiger partial charge in [-0.25, -0.2) is 13.6 Å². The standard InChI is InChI=1S/C13H17N3O4S/c14-21(19,20)12-6-10(5-11(7-12)16(17)18)15-13(8-1-2-8)9-3-4-9/h5-9,13,15H,1-4H2,(H2,14,19,20). The maximum atomic E-state index is 11.5. The monoisotopic (exact) mass is 311 g/mol. The summed E-state index contributed by atoms with van der Waals surface area (Å²) in [6, 6.07) is 4.01. The van der Waals surface area contributed by atoms with Crippen molar-refractivity contribution in [1.29, 1.82) is 0 Å². The van der Waals surface area contributed by atoms with E-state index in [4.69, 9.17) is 5.14 Å². The molecule has 0 radical (unpaired) electrons. The third-order valence-corrected chi connectivity index (χ3v) is 4.92. The fraction of sp³-hybridized carbons (Fsp3) is 0.538. The number of nitro benzene ring substituents is 1. The number of benzene rings is 1. The fourth-order valence-electron chi connectivity index (χ4n) is 2.66. The van der Waals surface area contributed by atoms with Crippen molar-refractivity contribution < 1.29 is 13.3 Å². The van der Waals surface area contributed by atoms with Crippen molar-refractivity contribution in [3.05, 3.63) is 28.3 Å². The van der Waals surface area contributed by atoms with Crippen molar-refractivity contribution in [2.45, 2.75) is 36.6 Å². The molecule has 2 aliphatic rings. The van der Waals surface area contributed by atoms with Crippen LogP contribution < -0.4 is 10.5 Å². The number of hydrogen-bond donors (Lipinski definition) is 2. The summed E-state index contributed by atoms with van der Waals surface area (Å²) in [5.74, 6) is 1.18. The highest BCUT2D eigenvalue weighted by Gasteiger charge is 2.41. The lowest BCUT2D eigenvalue weighted by Gasteiger charge is -2.19. The maximum Gasteiger partial charge on any atom is 0.272 e. The Kier molecular flexibility index (Phi) is 3.37. The topological polar surface area (TPSA) is 115 Å². The first kappa shape index (κ1) is 14.3. The second-order valence-corrected chi connectivity index (χ2v) is 7.42. The molecule has 1 aromatic rings. The van der Waals surface area contributed by atoms with Crippen LogP contribution in [0.2, 0.25) is 0 Å². The molecule has 3 N–H and O–H groups in total. The van der Waals surface area contributed by atoms with Crippen LogP contribution in [0, 0.1) is 22.0 Å². The zero-order chi connectivity index (χ0) is 15.2. The number of rotatable bonds is 6. The second kappa shape index (κ2) is 4.96. The van der Waals surface area contributed by atoms with Gasteiger partial charge in [0.05, 0.1) is 9.82 Å². The Hall–Kier alpha value is -1.67. The number of nitrogens with two attached hydrogens (primary N) is 1. The van der Waals surface area contributed by atoms with E-state index < -0.39 is 14.9 Å². The van der Waals surface area contributed by atoms with Crippen molar-refractivity contribution in [2.75, 3.05) is 5.32 Å². The Morgan fingerprint density at radius 3 is 2.19 bits per heavy atom. The van der Waals surface area contributed by atoms with Crippen molar-refractivity contribution in [1.82, 2.24) is 0 Å². The normalized spacial score (nSPS) is 18.8. The van der Waals surface area contributed by atoms with E-state index in [1.807, 2.05) is 0 Å². The van der Waals surface area contributed by atoms with Crippen LogP contribution >= 0.6 is 0 Å². The summed E-state index contributed by atoms with van der Waals surface area (Å²) < 4.78 is 22.9. The molecule has 21 heavy (non-hydrogen) atoms. The molecule has 1 aromatic carbocycles. The van der Waals surface area contributed by atoms with Crippen LogP contribution in [0.4, 0.5) is 11.4 Å². The summed E-state index contributed by atoms with van der Waals surface area (Å²) in [7, 11) is -3.97. The van der Waals surface area contributed by atoms with Gasteiger partial charge in [-0.05, 0) is 43.6 Å². The van der Waals surface area contributed by atoms with Gasteiger partial charge in [0.1, 0.15) is 0 Å². The Morgan fingerprint density at radius 1 is 1.19 bits per heavy atom. The molecule has 0 spiro atoms. The fourth-order valence-corrected chi connectivity index (χ4v) is 3.24. The zero-order valence-corrected chi connectivity index (χ0v) is 12.2. The first-order chi connectivity index (χ1) is 9.84. The summed E-state index contributed by atoms with van der Waals surface area (Å²) in [6.45, 7) is 0. The van der Waals surface area contributed by atoms with Crippen molar-refractivity contribution >= 4 is 21.4 Å². The molecule has 0 heterocycles. The largest absolute Gasteiger partial charge is 0.382 e. The van der Waals surface area contributed by atoms with Crippen LogP contribution in [-0.4, -0.2) is 19.4 Å². The quantitative estimate of drug-likeness (QED) is 0.614. The first-order valence-electron chi connectivity index (χ1n) is 6.93. The predicted molar refractivity (Wildman–Crippen MR) is 77.3 cm³/mol. The molecule has 8 heteroatoms. The highest BCUT2D eigenvalue weighted by Crippen LogP contribution is 2.46. The lowest BCUT2D eigenvalue weighted by atomic mass is 10.1. The summed E-state index contributed by atoms with van der Waals surface area (Å²) in [5, 5.41) is 19.3. The van der Waals surface area contributed by atoms with Gasteiger partial charge in [0.25, 0.3) is 5.69 Å². The number of non-ortho nitro benzene ring substituents is 1. The number of nitrogens with one attached hydrogen (secondary N) is 1. The Morgan fingerprint density at radius 2 is 1.76 bits per heavy atom. The molecule has 0 aromatic heterocycles. The third kappa shape index (κ3) is 3.33. The maximum absolute atomic E-state index is 11.5. The summed E-state index contributed by atoms with van der Waals surface area (Å²) in [4.78, 5) is 10.1. The predicted octanol–water partition coefficient (Wildman–Crippen LogP) is 1.84. The van der Waals surface area contributed by atoms with E-state index in [9.17, 15) is 18.5 Å². The van der Waals surface area contributed by atoms with Crippen molar-refractivity contribution in [3.63, 3.8) is 0 Å². The molecule has 0 unspecified atom stereocenters. The zero-order valence-electron chi connectivity index (χ0n) is 11.4. The van der Waals surface area contributed by atoms with Crippen LogP contribution in [-0.2, 0) is 10.0 Å². The molecule has 0 aliphatic heterocycles. The Labute approximate surface area is 122 Å².